The van der Waals surface area contributed by atoms with Crippen LogP contribution in [0.15, 0.2) is 29.1 Å². The third-order valence-electron chi connectivity index (χ3n) is 4.54. The first-order valence-corrected chi connectivity index (χ1v) is 9.61. The number of methoxy groups -OCH3 is 2. The van der Waals surface area contributed by atoms with Gasteiger partial charge in [-0.1, -0.05) is 11.3 Å². The number of anilines is 1. The Kier molecular flexibility index (Phi) is 4.71. The number of nitrogens with one attached hydrogen (secondary N) is 1. The summed E-state index contributed by atoms with van der Waals surface area (Å²) in [6.45, 7) is 3.59. The van der Waals surface area contributed by atoms with E-state index in [1.165, 1.54) is 23.0 Å². The number of fused-ring (bicyclic) bond motifs is 2. The number of aryl methyl sites for hydroxylation is 2. The summed E-state index contributed by atoms with van der Waals surface area (Å²) in [6.07, 6.45) is 0. The second-order valence-electron chi connectivity index (χ2n) is 6.45. The second-order valence-corrected chi connectivity index (χ2v) is 7.61. The van der Waals surface area contributed by atoms with Crippen LogP contribution in [0.5, 0.6) is 11.5 Å². The molecule has 0 bridgehead atoms. The van der Waals surface area contributed by atoms with E-state index in [1.807, 2.05) is 13.8 Å². The van der Waals surface area contributed by atoms with Gasteiger partial charge in [-0.25, -0.2) is 4.98 Å². The third kappa shape index (κ3) is 3.31. The van der Waals surface area contributed by atoms with Gasteiger partial charge in [0.2, 0.25) is 10.9 Å². The summed E-state index contributed by atoms with van der Waals surface area (Å²) in [4.78, 5) is 30.7. The molecule has 0 radical (unpaired) electrons. The van der Waals surface area contributed by atoms with Crippen LogP contribution >= 0.6 is 11.3 Å². The van der Waals surface area contributed by atoms with Crippen LogP contribution < -0.4 is 20.3 Å². The molecule has 29 heavy (non-hydrogen) atoms. The summed E-state index contributed by atoms with van der Waals surface area (Å²) in [5.41, 5.74) is 1.83. The van der Waals surface area contributed by atoms with Gasteiger partial charge in [0.25, 0.3) is 5.56 Å². The minimum absolute atomic E-state index is 0.0538. The molecule has 4 aromatic rings. The highest BCUT2D eigenvalue weighted by Gasteiger charge is 2.18. The zero-order valence-electron chi connectivity index (χ0n) is 16.3. The predicted molar refractivity (Wildman–Crippen MR) is 110 cm³/mol. The van der Waals surface area contributed by atoms with Gasteiger partial charge in [-0.15, -0.1) is 0 Å². The van der Waals surface area contributed by atoms with Crippen molar-refractivity contribution in [3.8, 4) is 11.5 Å². The molecule has 0 aliphatic carbocycles. The Balaban J connectivity index is 1.71. The average molecular weight is 413 g/mol. The van der Waals surface area contributed by atoms with Crippen molar-refractivity contribution in [3.05, 3.63) is 45.3 Å². The van der Waals surface area contributed by atoms with Crippen LogP contribution in [0, 0.1) is 13.8 Å². The molecule has 1 amide bonds. The first-order chi connectivity index (χ1) is 13.9. The molecular weight excluding hydrogens is 394 g/mol. The minimum Gasteiger partial charge on any atom is -0.497 e. The lowest BCUT2D eigenvalue weighted by atomic mass is 10.2. The molecule has 1 aromatic carbocycles. The molecule has 150 valence electrons. The molecule has 0 fully saturated rings. The first kappa shape index (κ1) is 18.9. The fraction of sp³-hybridized carbons (Fsp3) is 0.263. The fourth-order valence-electron chi connectivity index (χ4n) is 3.20. The van der Waals surface area contributed by atoms with Crippen LogP contribution in [-0.4, -0.2) is 39.3 Å². The molecular formula is C19H19N5O4S. The molecule has 0 aliphatic rings. The Hall–Kier alpha value is -3.40. The van der Waals surface area contributed by atoms with Crippen LogP contribution in [0.3, 0.4) is 0 Å². The SMILES string of the molecule is COc1ccc(OC)c(NC(=O)Cn2c(C)cc3nc4sc(C)nn4c(=O)c32)c1. The second kappa shape index (κ2) is 7.21. The number of aromatic nitrogens is 4. The van der Waals surface area contributed by atoms with E-state index in [0.29, 0.717) is 33.2 Å². The Labute approximate surface area is 169 Å². The molecule has 4 rings (SSSR count). The van der Waals surface area contributed by atoms with E-state index >= 15 is 0 Å². The van der Waals surface area contributed by atoms with Gasteiger partial charge >= 0.3 is 0 Å². The maximum Gasteiger partial charge on any atom is 0.299 e. The summed E-state index contributed by atoms with van der Waals surface area (Å²) in [5.74, 6) is 0.790. The number of benzene rings is 1. The van der Waals surface area contributed by atoms with Gasteiger partial charge in [-0.05, 0) is 32.0 Å². The van der Waals surface area contributed by atoms with Crippen molar-refractivity contribution in [1.29, 1.82) is 0 Å². The molecule has 0 spiro atoms. The summed E-state index contributed by atoms with van der Waals surface area (Å²) < 4.78 is 13.4. The van der Waals surface area contributed by atoms with E-state index in [9.17, 15) is 9.59 Å². The van der Waals surface area contributed by atoms with E-state index in [2.05, 4.69) is 15.4 Å². The minimum atomic E-state index is -0.309. The number of ether oxygens (including phenoxy) is 2. The third-order valence-corrected chi connectivity index (χ3v) is 5.36. The van der Waals surface area contributed by atoms with E-state index < -0.39 is 0 Å². The molecule has 1 N–H and O–H groups in total. The molecule has 9 nitrogen and oxygen atoms in total. The van der Waals surface area contributed by atoms with Gasteiger partial charge in [-0.2, -0.15) is 9.61 Å². The molecule has 10 heteroatoms. The lowest BCUT2D eigenvalue weighted by molar-refractivity contribution is -0.116. The van der Waals surface area contributed by atoms with Crippen molar-refractivity contribution in [2.24, 2.45) is 0 Å². The van der Waals surface area contributed by atoms with E-state index in [4.69, 9.17) is 9.47 Å². The van der Waals surface area contributed by atoms with Crippen molar-refractivity contribution >= 4 is 38.9 Å². The maximum absolute atomic E-state index is 12.9. The Morgan fingerprint density at radius 3 is 2.72 bits per heavy atom. The summed E-state index contributed by atoms with van der Waals surface area (Å²) in [5, 5.41) is 7.78. The van der Waals surface area contributed by atoms with Crippen LogP contribution in [0.25, 0.3) is 16.0 Å². The highest BCUT2D eigenvalue weighted by Crippen LogP contribution is 2.29. The van der Waals surface area contributed by atoms with Gasteiger partial charge in [-0.3, -0.25) is 9.59 Å². The van der Waals surface area contributed by atoms with Gasteiger partial charge < -0.3 is 19.4 Å². The van der Waals surface area contributed by atoms with Gasteiger partial charge in [0.05, 0.1) is 25.4 Å². The Morgan fingerprint density at radius 1 is 1.21 bits per heavy atom. The lowest BCUT2D eigenvalue weighted by Crippen LogP contribution is -2.23. The van der Waals surface area contributed by atoms with E-state index in [0.717, 1.165) is 10.7 Å². The van der Waals surface area contributed by atoms with Crippen molar-refractivity contribution in [2.45, 2.75) is 20.4 Å². The zero-order valence-corrected chi connectivity index (χ0v) is 17.2. The number of nitrogens with zero attached hydrogens (tertiary/aromatic N) is 4. The highest BCUT2D eigenvalue weighted by atomic mass is 32.1. The van der Waals surface area contributed by atoms with Gasteiger partial charge in [0, 0.05) is 11.8 Å². The standard InChI is InChI=1S/C19H19N5O4S/c1-10-7-14-17(18(26)24-19(21-14)29-11(2)22-24)23(10)9-16(25)20-13-8-12(27-3)5-6-15(13)28-4/h5-8H,9H2,1-4H3,(H,20,25). The van der Waals surface area contributed by atoms with Crippen molar-refractivity contribution in [2.75, 3.05) is 19.5 Å². The molecule has 0 saturated heterocycles. The zero-order chi connectivity index (χ0) is 20.7. The summed E-state index contributed by atoms with van der Waals surface area (Å²) in [7, 11) is 3.07. The van der Waals surface area contributed by atoms with Crippen molar-refractivity contribution < 1.29 is 14.3 Å². The smallest absolute Gasteiger partial charge is 0.299 e. The maximum atomic E-state index is 12.9. The normalized spacial score (nSPS) is 11.2. The van der Waals surface area contributed by atoms with Crippen LogP contribution in [0.1, 0.15) is 10.7 Å². The molecule has 0 atom stereocenters. The topological polar surface area (TPSA) is 99.8 Å². The van der Waals surface area contributed by atoms with E-state index in [-0.39, 0.29) is 18.0 Å². The monoisotopic (exact) mass is 413 g/mol. The number of carbonyl (C=O) groups is 1. The lowest BCUT2D eigenvalue weighted by Gasteiger charge is -2.13. The summed E-state index contributed by atoms with van der Waals surface area (Å²) >= 11 is 1.35. The molecule has 3 aromatic heterocycles. The Morgan fingerprint density at radius 2 is 2.00 bits per heavy atom. The van der Waals surface area contributed by atoms with Crippen molar-refractivity contribution in [1.82, 2.24) is 19.2 Å². The predicted octanol–water partition coefficient (Wildman–Crippen LogP) is 2.38. The van der Waals surface area contributed by atoms with Crippen LogP contribution in [0.2, 0.25) is 0 Å². The Bertz CT molecular complexity index is 1300. The fourth-order valence-corrected chi connectivity index (χ4v) is 3.94. The van der Waals surface area contributed by atoms with Gasteiger partial charge in [0.1, 0.15) is 28.6 Å². The van der Waals surface area contributed by atoms with Crippen LogP contribution in [0.4, 0.5) is 5.69 Å². The molecule has 0 aliphatic heterocycles. The largest absolute Gasteiger partial charge is 0.497 e. The number of hydrogen-bond acceptors (Lipinski definition) is 7. The molecule has 0 unspecified atom stereocenters. The van der Waals surface area contributed by atoms with Crippen molar-refractivity contribution in [3.63, 3.8) is 0 Å². The van der Waals surface area contributed by atoms with Crippen LogP contribution in [-0.2, 0) is 11.3 Å². The van der Waals surface area contributed by atoms with E-state index in [1.54, 1.807) is 35.9 Å². The quantitative estimate of drug-likeness (QED) is 0.539. The number of hydrogen-bond donors (Lipinski definition) is 1. The summed E-state index contributed by atoms with van der Waals surface area (Å²) in [6, 6.07) is 6.93. The molecule has 3 heterocycles. The number of amides is 1. The van der Waals surface area contributed by atoms with Gasteiger partial charge in [0.15, 0.2) is 0 Å². The average Bonchev–Trinajstić information content (AvgIpc) is 3.21. The number of rotatable bonds is 5. The number of carbonyl (C=O) groups excluding carboxylic acids is 1. The first-order valence-electron chi connectivity index (χ1n) is 8.79. The highest BCUT2D eigenvalue weighted by molar-refractivity contribution is 7.16. The molecule has 0 saturated carbocycles.